The Morgan fingerprint density at radius 2 is 1.43 bits per heavy atom. The van der Waals surface area contributed by atoms with Gasteiger partial charge in [-0.2, -0.15) is 0 Å². The Bertz CT molecular complexity index is 2120. The standard InChI is InChI=1S/C45H51N8O4P/c1-32(2)53(33(3)4)58(55-27-17-26-46)56-29-39-38(51-45(35-20-11-6-12-21-35,36-22-13-7-14-23-36)37-24-15-8-16-25-37)28-40(57-39)52-31-49-41-42(47-30-48-43(41)52)50-44(54)34-18-9-5-10-19-34/h5-16,18-26,30-33,38-40,46,51H,17,27-29H2,1-4H3,(H,47,48,50,54). The lowest BCUT2D eigenvalue weighted by atomic mass is 9.76. The van der Waals surface area contributed by atoms with Crippen LogP contribution in [0.25, 0.3) is 11.2 Å². The van der Waals surface area contributed by atoms with Gasteiger partial charge in [-0.05, 0) is 62.7 Å². The lowest BCUT2D eigenvalue weighted by Crippen LogP contribution is -2.53. The van der Waals surface area contributed by atoms with Crippen LogP contribution in [-0.4, -0.2) is 73.8 Å². The minimum atomic E-state index is -1.49. The number of amides is 1. The number of nitrogens with zero attached hydrogens (tertiary/aromatic N) is 5. The number of ether oxygens (including phenoxy) is 1. The molecule has 3 heterocycles. The van der Waals surface area contributed by atoms with Crippen molar-refractivity contribution < 1.29 is 18.6 Å². The number of benzene rings is 4. The van der Waals surface area contributed by atoms with Crippen molar-refractivity contribution in [2.45, 2.75) is 76.5 Å². The summed E-state index contributed by atoms with van der Waals surface area (Å²) < 4.78 is 24.4. The van der Waals surface area contributed by atoms with Crippen molar-refractivity contribution in [2.75, 3.05) is 18.5 Å². The minimum Gasteiger partial charge on any atom is -0.351 e. The van der Waals surface area contributed by atoms with Crippen LogP contribution in [-0.2, 0) is 19.3 Å². The number of carbonyl (C=O) groups excluding carboxylic acids is 1. The highest BCUT2D eigenvalue weighted by Gasteiger charge is 2.45. The van der Waals surface area contributed by atoms with Crippen LogP contribution in [0.3, 0.4) is 0 Å². The van der Waals surface area contributed by atoms with E-state index >= 15 is 0 Å². The third-order valence-electron chi connectivity index (χ3n) is 10.3. The third-order valence-corrected chi connectivity index (χ3v) is 12.3. The molecular formula is C45H51N8O4P. The number of imidazole rings is 1. The van der Waals surface area contributed by atoms with Crippen LogP contribution in [0, 0.1) is 5.41 Å². The molecule has 4 aromatic carbocycles. The zero-order valence-electron chi connectivity index (χ0n) is 33.3. The summed E-state index contributed by atoms with van der Waals surface area (Å²) in [5.41, 5.74) is 3.98. The highest BCUT2D eigenvalue weighted by atomic mass is 31.2. The molecule has 0 aliphatic carbocycles. The van der Waals surface area contributed by atoms with Gasteiger partial charge < -0.3 is 24.5 Å². The lowest BCUT2D eigenvalue weighted by Gasteiger charge is -2.40. The number of aromatic nitrogens is 4. The second kappa shape index (κ2) is 19.0. The summed E-state index contributed by atoms with van der Waals surface area (Å²) in [7, 11) is -1.49. The van der Waals surface area contributed by atoms with Gasteiger partial charge in [0.25, 0.3) is 14.4 Å². The monoisotopic (exact) mass is 798 g/mol. The molecule has 0 radical (unpaired) electrons. The molecule has 4 atom stereocenters. The summed E-state index contributed by atoms with van der Waals surface area (Å²) in [6.45, 7) is 9.17. The lowest BCUT2D eigenvalue weighted by molar-refractivity contribution is -0.0242. The largest absolute Gasteiger partial charge is 0.351 e. The van der Waals surface area contributed by atoms with Gasteiger partial charge in [0, 0.05) is 36.5 Å². The zero-order valence-corrected chi connectivity index (χ0v) is 34.2. The Morgan fingerprint density at radius 3 is 1.98 bits per heavy atom. The predicted molar refractivity (Wildman–Crippen MR) is 229 cm³/mol. The summed E-state index contributed by atoms with van der Waals surface area (Å²) in [5.74, 6) is 0.0283. The molecule has 1 aliphatic rings. The molecule has 0 saturated carbocycles. The van der Waals surface area contributed by atoms with Crippen LogP contribution in [0.2, 0.25) is 0 Å². The molecular weight excluding hydrogens is 748 g/mol. The van der Waals surface area contributed by atoms with Crippen LogP contribution in [0.5, 0.6) is 0 Å². The van der Waals surface area contributed by atoms with Gasteiger partial charge in [-0.1, -0.05) is 109 Å². The number of hydrogen-bond acceptors (Lipinski definition) is 10. The Morgan fingerprint density at radius 1 is 0.862 bits per heavy atom. The maximum atomic E-state index is 13.2. The Hall–Kier alpha value is -5.20. The molecule has 6 aromatic rings. The Labute approximate surface area is 341 Å². The van der Waals surface area contributed by atoms with Gasteiger partial charge in [0.1, 0.15) is 12.6 Å². The van der Waals surface area contributed by atoms with Gasteiger partial charge in [-0.3, -0.25) is 14.7 Å². The SMILES string of the molecule is CC(C)N(C(C)C)P(OCCC=N)OCC1OC(n2cnc3c(NC(=O)c4ccccc4)ncnc32)CC1NC(c1ccccc1)(c1ccccc1)c1ccccc1. The van der Waals surface area contributed by atoms with Crippen LogP contribution in [0.4, 0.5) is 5.82 Å². The molecule has 58 heavy (non-hydrogen) atoms. The van der Waals surface area contributed by atoms with Crippen molar-refractivity contribution in [3.8, 4) is 0 Å². The van der Waals surface area contributed by atoms with E-state index in [-0.39, 0.29) is 30.6 Å². The van der Waals surface area contributed by atoms with E-state index in [0.717, 1.165) is 16.7 Å². The van der Waals surface area contributed by atoms with Crippen LogP contribution in [0.15, 0.2) is 134 Å². The number of fused-ring (bicyclic) bond motifs is 1. The molecule has 1 saturated heterocycles. The molecule has 12 nitrogen and oxygen atoms in total. The summed E-state index contributed by atoms with van der Waals surface area (Å²) >= 11 is 0. The van der Waals surface area contributed by atoms with Gasteiger partial charge in [-0.15, -0.1) is 0 Å². The molecule has 0 bridgehead atoms. The molecule has 2 aromatic heterocycles. The Kier molecular flexibility index (Phi) is 13.4. The quantitative estimate of drug-likeness (QED) is 0.0337. The second-order valence-electron chi connectivity index (χ2n) is 14.8. The van der Waals surface area contributed by atoms with Crippen molar-refractivity contribution in [3.05, 3.63) is 156 Å². The first-order valence-corrected chi connectivity index (χ1v) is 20.9. The normalized spacial score (nSPS) is 17.6. The fraction of sp³-hybridized carbons (Fsp3) is 0.311. The smallest absolute Gasteiger partial charge is 0.259 e. The van der Waals surface area contributed by atoms with Crippen molar-refractivity contribution in [1.82, 2.24) is 29.5 Å². The van der Waals surface area contributed by atoms with Crippen molar-refractivity contribution in [1.29, 1.82) is 5.41 Å². The van der Waals surface area contributed by atoms with E-state index in [9.17, 15) is 4.79 Å². The van der Waals surface area contributed by atoms with E-state index in [1.54, 1.807) is 18.5 Å². The van der Waals surface area contributed by atoms with Gasteiger partial charge in [0.2, 0.25) is 0 Å². The molecule has 13 heteroatoms. The third kappa shape index (κ3) is 8.93. The second-order valence-corrected chi connectivity index (χ2v) is 16.2. The summed E-state index contributed by atoms with van der Waals surface area (Å²) in [4.78, 5) is 26.9. The topological polar surface area (TPSA) is 140 Å². The molecule has 1 aliphatic heterocycles. The van der Waals surface area contributed by atoms with Gasteiger partial charge in [0.05, 0.1) is 31.2 Å². The molecule has 1 fully saturated rings. The van der Waals surface area contributed by atoms with E-state index in [2.05, 4.69) is 126 Å². The number of hydrogen-bond donors (Lipinski definition) is 3. The van der Waals surface area contributed by atoms with E-state index < -0.39 is 26.4 Å². The summed E-state index contributed by atoms with van der Waals surface area (Å²) in [6, 6.07) is 40.6. The van der Waals surface area contributed by atoms with Crippen molar-refractivity contribution in [3.63, 3.8) is 0 Å². The average molecular weight is 799 g/mol. The van der Waals surface area contributed by atoms with E-state index in [1.165, 1.54) is 12.5 Å². The predicted octanol–water partition coefficient (Wildman–Crippen LogP) is 8.73. The van der Waals surface area contributed by atoms with Gasteiger partial charge >= 0.3 is 0 Å². The maximum Gasteiger partial charge on any atom is 0.259 e. The zero-order chi connectivity index (χ0) is 40.5. The minimum absolute atomic E-state index is 0.160. The van der Waals surface area contributed by atoms with Crippen molar-refractivity contribution >= 4 is 37.6 Å². The van der Waals surface area contributed by atoms with Crippen LogP contribution in [0.1, 0.15) is 73.8 Å². The fourth-order valence-electron chi connectivity index (χ4n) is 7.69. The van der Waals surface area contributed by atoms with E-state index in [0.29, 0.717) is 42.0 Å². The molecule has 1 amide bonds. The number of rotatable bonds is 18. The maximum absolute atomic E-state index is 13.2. The first kappa shape index (κ1) is 41.0. The molecule has 3 N–H and O–H groups in total. The summed E-state index contributed by atoms with van der Waals surface area (Å²) in [5, 5.41) is 14.7. The van der Waals surface area contributed by atoms with E-state index in [4.69, 9.17) is 24.2 Å². The van der Waals surface area contributed by atoms with Gasteiger partial charge in [0.15, 0.2) is 17.0 Å². The molecule has 300 valence electrons. The van der Waals surface area contributed by atoms with Crippen molar-refractivity contribution in [2.24, 2.45) is 0 Å². The first-order chi connectivity index (χ1) is 28.3. The number of anilines is 1. The first-order valence-electron chi connectivity index (χ1n) is 19.8. The van der Waals surface area contributed by atoms with E-state index in [1.807, 2.05) is 41.0 Å². The summed E-state index contributed by atoms with van der Waals surface area (Å²) in [6.07, 6.45) is 4.58. The highest BCUT2D eigenvalue weighted by molar-refractivity contribution is 7.44. The van der Waals surface area contributed by atoms with Crippen LogP contribution >= 0.6 is 8.53 Å². The number of carbonyl (C=O) groups is 1. The highest BCUT2D eigenvalue weighted by Crippen LogP contribution is 2.47. The fourth-order valence-corrected chi connectivity index (χ4v) is 9.33. The number of nitrogens with one attached hydrogen (secondary N) is 3. The Balaban J connectivity index is 1.28. The van der Waals surface area contributed by atoms with Crippen LogP contribution < -0.4 is 10.6 Å². The molecule has 0 spiro atoms. The average Bonchev–Trinajstić information content (AvgIpc) is 3.87. The molecule has 4 unspecified atom stereocenters. The van der Waals surface area contributed by atoms with Gasteiger partial charge in [-0.25, -0.2) is 19.6 Å². The molecule has 7 rings (SSSR count).